The molecule has 15 heavy (non-hydrogen) atoms. The van der Waals surface area contributed by atoms with Gasteiger partial charge in [0.25, 0.3) is 0 Å². The first-order valence-electron chi connectivity index (χ1n) is 4.80. The highest BCUT2D eigenvalue weighted by atomic mass is 32.2. The fourth-order valence-electron chi connectivity index (χ4n) is 1.85. The summed E-state index contributed by atoms with van der Waals surface area (Å²) in [5.74, 6) is 0. The summed E-state index contributed by atoms with van der Waals surface area (Å²) < 4.78 is 22.3. The summed E-state index contributed by atoms with van der Waals surface area (Å²) in [5.41, 5.74) is 2.29. The maximum atomic E-state index is 11.2. The minimum absolute atomic E-state index is 0.214. The van der Waals surface area contributed by atoms with Crippen LogP contribution < -0.4 is 5.14 Å². The lowest BCUT2D eigenvalue weighted by Gasteiger charge is -2.25. The molecular weight excluding hydrogens is 212 g/mol. The molecule has 1 aliphatic heterocycles. The first kappa shape index (κ1) is 10.6. The molecule has 2 rings (SSSR count). The van der Waals surface area contributed by atoms with Crippen LogP contribution >= 0.6 is 0 Å². The highest BCUT2D eigenvalue weighted by Gasteiger charge is 2.16. The Morgan fingerprint density at radius 2 is 2.07 bits per heavy atom. The molecule has 82 valence electrons. The molecule has 0 bridgehead atoms. The first-order chi connectivity index (χ1) is 6.97. The predicted molar refractivity (Wildman–Crippen MR) is 57.9 cm³/mol. The Balaban J connectivity index is 2.44. The number of fused-ring (bicyclic) bond motifs is 1. The van der Waals surface area contributed by atoms with Gasteiger partial charge in [0.2, 0.25) is 10.0 Å². The molecular formula is C10H14N2O2S. The minimum Gasteiger partial charge on any atom is -0.302 e. The monoisotopic (exact) mass is 226 g/mol. The van der Waals surface area contributed by atoms with Gasteiger partial charge in [0, 0.05) is 13.1 Å². The number of benzene rings is 1. The van der Waals surface area contributed by atoms with Crippen LogP contribution in [0.5, 0.6) is 0 Å². The molecule has 2 N–H and O–H groups in total. The second kappa shape index (κ2) is 3.59. The van der Waals surface area contributed by atoms with E-state index < -0.39 is 10.0 Å². The van der Waals surface area contributed by atoms with E-state index in [0.29, 0.717) is 0 Å². The fraction of sp³-hybridized carbons (Fsp3) is 0.400. The number of hydrogen-bond acceptors (Lipinski definition) is 3. The van der Waals surface area contributed by atoms with Crippen LogP contribution in [0.2, 0.25) is 0 Å². The van der Waals surface area contributed by atoms with Crippen LogP contribution in [0, 0.1) is 0 Å². The van der Waals surface area contributed by atoms with Gasteiger partial charge in [-0.1, -0.05) is 6.07 Å². The van der Waals surface area contributed by atoms with E-state index in [0.717, 1.165) is 25.1 Å². The highest BCUT2D eigenvalue weighted by molar-refractivity contribution is 7.89. The van der Waals surface area contributed by atoms with E-state index in [1.807, 2.05) is 6.07 Å². The molecule has 1 heterocycles. The molecule has 0 aliphatic carbocycles. The van der Waals surface area contributed by atoms with E-state index >= 15 is 0 Å². The van der Waals surface area contributed by atoms with Gasteiger partial charge in [0.05, 0.1) is 4.90 Å². The molecule has 0 saturated heterocycles. The molecule has 0 radical (unpaired) electrons. The van der Waals surface area contributed by atoms with E-state index in [4.69, 9.17) is 5.14 Å². The Hall–Kier alpha value is -0.910. The van der Waals surface area contributed by atoms with Crippen molar-refractivity contribution in [2.75, 3.05) is 13.6 Å². The van der Waals surface area contributed by atoms with Crippen LogP contribution in [0.1, 0.15) is 11.1 Å². The quantitative estimate of drug-likeness (QED) is 0.750. The van der Waals surface area contributed by atoms with Crippen LogP contribution in [-0.4, -0.2) is 26.9 Å². The summed E-state index contributed by atoms with van der Waals surface area (Å²) in [6, 6.07) is 5.12. The van der Waals surface area contributed by atoms with Gasteiger partial charge in [0.1, 0.15) is 0 Å². The molecule has 0 atom stereocenters. The van der Waals surface area contributed by atoms with Crippen molar-refractivity contribution in [1.29, 1.82) is 0 Å². The smallest absolute Gasteiger partial charge is 0.238 e. The zero-order valence-electron chi connectivity index (χ0n) is 8.60. The van der Waals surface area contributed by atoms with Gasteiger partial charge in [-0.15, -0.1) is 0 Å². The Bertz CT molecular complexity index is 482. The molecule has 0 saturated carbocycles. The first-order valence-corrected chi connectivity index (χ1v) is 6.34. The van der Waals surface area contributed by atoms with Gasteiger partial charge >= 0.3 is 0 Å². The van der Waals surface area contributed by atoms with Crippen molar-refractivity contribution in [3.63, 3.8) is 0 Å². The second-order valence-corrected chi connectivity index (χ2v) is 5.52. The molecule has 5 heteroatoms. The fourth-order valence-corrected chi connectivity index (χ4v) is 2.41. The van der Waals surface area contributed by atoms with Crippen molar-refractivity contribution in [2.24, 2.45) is 5.14 Å². The van der Waals surface area contributed by atoms with Crippen molar-refractivity contribution in [3.8, 4) is 0 Å². The van der Waals surface area contributed by atoms with Crippen LogP contribution in [0.4, 0.5) is 0 Å². The largest absolute Gasteiger partial charge is 0.302 e. The third-order valence-corrected chi connectivity index (χ3v) is 3.62. The molecule has 1 aromatic carbocycles. The Morgan fingerprint density at radius 1 is 1.33 bits per heavy atom. The summed E-state index contributed by atoms with van der Waals surface area (Å²) in [5, 5.41) is 5.08. The Kier molecular flexibility index (Phi) is 2.54. The number of likely N-dealkylation sites (N-methyl/N-ethyl adjacent to an activating group) is 1. The zero-order valence-corrected chi connectivity index (χ0v) is 9.42. The van der Waals surface area contributed by atoms with Crippen molar-refractivity contribution >= 4 is 10.0 Å². The molecule has 0 fully saturated rings. The standard InChI is InChI=1S/C10H14N2O2S/c1-12-5-4-8-6-10(15(11,13)14)3-2-9(8)7-12/h2-3,6H,4-5,7H2,1H3,(H2,11,13,14). The zero-order chi connectivity index (χ0) is 11.1. The molecule has 1 aromatic rings. The van der Waals surface area contributed by atoms with Crippen molar-refractivity contribution < 1.29 is 8.42 Å². The van der Waals surface area contributed by atoms with Gasteiger partial charge in [-0.25, -0.2) is 13.6 Å². The van der Waals surface area contributed by atoms with Gasteiger partial charge in [-0.3, -0.25) is 0 Å². The molecule has 4 nitrogen and oxygen atoms in total. The number of primary sulfonamides is 1. The Labute approximate surface area is 89.7 Å². The normalized spacial score (nSPS) is 17.5. The highest BCUT2D eigenvalue weighted by Crippen LogP contribution is 2.20. The average Bonchev–Trinajstić information content (AvgIpc) is 2.15. The third kappa shape index (κ3) is 2.19. The number of rotatable bonds is 1. The molecule has 0 unspecified atom stereocenters. The van der Waals surface area contributed by atoms with E-state index in [2.05, 4.69) is 11.9 Å². The molecule has 0 amide bonds. The van der Waals surface area contributed by atoms with E-state index in [9.17, 15) is 8.42 Å². The van der Waals surface area contributed by atoms with Gasteiger partial charge in [-0.05, 0) is 36.7 Å². The van der Waals surface area contributed by atoms with Crippen molar-refractivity contribution in [3.05, 3.63) is 29.3 Å². The summed E-state index contributed by atoms with van der Waals surface area (Å²) in [6.07, 6.45) is 0.884. The maximum absolute atomic E-state index is 11.2. The van der Waals surface area contributed by atoms with Gasteiger partial charge in [0.15, 0.2) is 0 Å². The van der Waals surface area contributed by atoms with Crippen molar-refractivity contribution in [1.82, 2.24) is 4.90 Å². The number of nitrogens with two attached hydrogens (primary N) is 1. The predicted octanol–water partition coefficient (Wildman–Crippen LogP) is 0.322. The van der Waals surface area contributed by atoms with Gasteiger partial charge in [-0.2, -0.15) is 0 Å². The number of sulfonamides is 1. The SMILES string of the molecule is CN1CCc2cc(S(N)(=O)=O)ccc2C1. The lowest BCUT2D eigenvalue weighted by atomic mass is 10.0. The number of nitrogens with zero attached hydrogens (tertiary/aromatic N) is 1. The van der Waals surface area contributed by atoms with Crippen LogP contribution in [0.15, 0.2) is 23.1 Å². The lowest BCUT2D eigenvalue weighted by molar-refractivity contribution is 0.312. The minimum atomic E-state index is -3.56. The van der Waals surface area contributed by atoms with E-state index in [1.165, 1.54) is 5.56 Å². The molecule has 0 spiro atoms. The van der Waals surface area contributed by atoms with Crippen molar-refractivity contribution in [2.45, 2.75) is 17.9 Å². The topological polar surface area (TPSA) is 63.4 Å². The van der Waals surface area contributed by atoms with Crippen LogP contribution in [-0.2, 0) is 23.0 Å². The summed E-state index contributed by atoms with van der Waals surface area (Å²) in [4.78, 5) is 2.42. The van der Waals surface area contributed by atoms with E-state index in [-0.39, 0.29) is 4.90 Å². The van der Waals surface area contributed by atoms with Crippen LogP contribution in [0.25, 0.3) is 0 Å². The van der Waals surface area contributed by atoms with Crippen LogP contribution in [0.3, 0.4) is 0 Å². The third-order valence-electron chi connectivity index (χ3n) is 2.71. The molecule has 1 aliphatic rings. The van der Waals surface area contributed by atoms with Gasteiger partial charge < -0.3 is 4.90 Å². The molecule has 0 aromatic heterocycles. The summed E-state index contributed by atoms with van der Waals surface area (Å²) in [6.45, 7) is 1.83. The Morgan fingerprint density at radius 3 is 2.73 bits per heavy atom. The maximum Gasteiger partial charge on any atom is 0.238 e. The van der Waals surface area contributed by atoms with E-state index in [1.54, 1.807) is 12.1 Å². The average molecular weight is 226 g/mol. The summed E-state index contributed by atoms with van der Waals surface area (Å²) >= 11 is 0. The lowest BCUT2D eigenvalue weighted by Crippen LogP contribution is -2.26. The summed E-state index contributed by atoms with van der Waals surface area (Å²) in [7, 11) is -1.51. The number of hydrogen-bond donors (Lipinski definition) is 1. The second-order valence-electron chi connectivity index (χ2n) is 3.96.